The van der Waals surface area contributed by atoms with Crippen molar-refractivity contribution in [3.63, 3.8) is 0 Å². The summed E-state index contributed by atoms with van der Waals surface area (Å²) < 4.78 is 41.3. The van der Waals surface area contributed by atoms with Crippen molar-refractivity contribution in [3.8, 4) is 11.8 Å². The maximum atomic E-state index is 13.5. The molecule has 2 aliphatic rings. The van der Waals surface area contributed by atoms with E-state index in [1.165, 1.54) is 12.1 Å². The van der Waals surface area contributed by atoms with Crippen LogP contribution < -0.4 is 0 Å². The molecule has 2 amide bonds. The summed E-state index contributed by atoms with van der Waals surface area (Å²) in [6.45, 7) is 1.90. The highest BCUT2D eigenvalue weighted by atomic mass is 35.5. The van der Waals surface area contributed by atoms with Gasteiger partial charge in [-0.15, -0.1) is 0 Å². The fourth-order valence-electron chi connectivity index (χ4n) is 5.40. The van der Waals surface area contributed by atoms with E-state index in [2.05, 4.69) is 11.1 Å². The number of halogens is 4. The average molecular weight is 542 g/mol. The summed E-state index contributed by atoms with van der Waals surface area (Å²) in [7, 11) is 0. The van der Waals surface area contributed by atoms with E-state index in [9.17, 15) is 23.2 Å². The highest BCUT2D eigenvalue weighted by Crippen LogP contribution is 2.38. The zero-order valence-electron chi connectivity index (χ0n) is 20.6. The molecule has 3 aromatic rings. The van der Waals surface area contributed by atoms with E-state index >= 15 is 0 Å². The predicted molar refractivity (Wildman–Crippen MR) is 137 cm³/mol. The Morgan fingerprint density at radius 2 is 1.68 bits per heavy atom. The Labute approximate surface area is 224 Å². The molecule has 0 aliphatic carbocycles. The molecule has 0 spiro atoms. The number of likely N-dealkylation sites (tertiary alicyclic amines) is 2. The topological polar surface area (TPSA) is 65.2 Å². The SMILES string of the molecule is N#CC1CCN(C(=O)N2CC(c3ccc(C(F)(F)F)cc3)CC(c3cn(-c4ccccc4Cl)cn3)C2)CC1. The van der Waals surface area contributed by atoms with E-state index in [-0.39, 0.29) is 23.8 Å². The molecule has 2 fully saturated rings. The molecule has 2 saturated heterocycles. The molecule has 0 N–H and O–H groups in total. The van der Waals surface area contributed by atoms with Crippen molar-refractivity contribution < 1.29 is 18.0 Å². The minimum Gasteiger partial charge on any atom is -0.325 e. The molecule has 0 bridgehead atoms. The highest BCUT2D eigenvalue weighted by Gasteiger charge is 2.36. The van der Waals surface area contributed by atoms with Gasteiger partial charge in [0.1, 0.15) is 0 Å². The molecular weight excluding hydrogens is 515 g/mol. The van der Waals surface area contributed by atoms with Crippen LogP contribution in [0.1, 0.15) is 47.9 Å². The van der Waals surface area contributed by atoms with Gasteiger partial charge in [-0.2, -0.15) is 18.4 Å². The number of amides is 2. The molecule has 3 heterocycles. The molecule has 1 aromatic heterocycles. The van der Waals surface area contributed by atoms with Crippen LogP contribution in [0.2, 0.25) is 5.02 Å². The molecule has 6 nitrogen and oxygen atoms in total. The van der Waals surface area contributed by atoms with E-state index in [0.717, 1.165) is 29.1 Å². The number of carbonyl (C=O) groups is 1. The third-order valence-corrected chi connectivity index (χ3v) is 7.85. The zero-order valence-corrected chi connectivity index (χ0v) is 21.4. The molecule has 2 aliphatic heterocycles. The lowest BCUT2D eigenvalue weighted by Crippen LogP contribution is -2.51. The van der Waals surface area contributed by atoms with Gasteiger partial charge in [0.25, 0.3) is 0 Å². The van der Waals surface area contributed by atoms with Crippen molar-refractivity contribution in [2.45, 2.75) is 37.3 Å². The normalized spacial score (nSPS) is 20.8. The zero-order chi connectivity index (χ0) is 26.9. The smallest absolute Gasteiger partial charge is 0.325 e. The molecule has 0 radical (unpaired) electrons. The van der Waals surface area contributed by atoms with Gasteiger partial charge in [-0.25, -0.2) is 9.78 Å². The Balaban J connectivity index is 1.41. The van der Waals surface area contributed by atoms with Gasteiger partial charge in [-0.1, -0.05) is 35.9 Å². The second-order valence-corrected chi connectivity index (χ2v) is 10.4. The summed E-state index contributed by atoms with van der Waals surface area (Å²) in [6, 6.07) is 14.8. The lowest BCUT2D eigenvalue weighted by Gasteiger charge is -2.41. The number of hydrogen-bond acceptors (Lipinski definition) is 3. The predicted octanol–water partition coefficient (Wildman–Crippen LogP) is 6.47. The van der Waals surface area contributed by atoms with Gasteiger partial charge in [-0.05, 0) is 49.1 Å². The van der Waals surface area contributed by atoms with Crippen molar-refractivity contribution in [1.82, 2.24) is 19.4 Å². The van der Waals surface area contributed by atoms with Gasteiger partial charge >= 0.3 is 12.2 Å². The van der Waals surface area contributed by atoms with Crippen molar-refractivity contribution in [2.75, 3.05) is 26.2 Å². The summed E-state index contributed by atoms with van der Waals surface area (Å²) in [4.78, 5) is 21.7. The van der Waals surface area contributed by atoms with Crippen LogP contribution in [0.3, 0.4) is 0 Å². The van der Waals surface area contributed by atoms with E-state index in [1.807, 2.05) is 29.0 Å². The van der Waals surface area contributed by atoms with Gasteiger partial charge < -0.3 is 14.4 Å². The van der Waals surface area contributed by atoms with Crippen LogP contribution in [0.15, 0.2) is 61.1 Å². The van der Waals surface area contributed by atoms with Gasteiger partial charge in [0, 0.05) is 50.1 Å². The summed E-state index contributed by atoms with van der Waals surface area (Å²) in [5.74, 6) is -0.302. The van der Waals surface area contributed by atoms with E-state index in [4.69, 9.17) is 11.6 Å². The Hall–Kier alpha value is -3.51. The van der Waals surface area contributed by atoms with Crippen molar-refractivity contribution >= 4 is 17.6 Å². The average Bonchev–Trinajstić information content (AvgIpc) is 3.42. The quantitative estimate of drug-likeness (QED) is 0.381. The minimum absolute atomic E-state index is 0.0400. The fraction of sp³-hybridized carbons (Fsp3) is 0.393. The molecule has 2 atom stereocenters. The van der Waals surface area contributed by atoms with Crippen LogP contribution in [-0.2, 0) is 6.18 Å². The number of carbonyl (C=O) groups excluding carboxylic acids is 1. The molecular formula is C28H27ClF3N5O. The number of imidazole rings is 1. The van der Waals surface area contributed by atoms with Crippen LogP contribution >= 0.6 is 11.6 Å². The summed E-state index contributed by atoms with van der Waals surface area (Å²) >= 11 is 6.37. The number of piperidine rings is 2. The molecule has 198 valence electrons. The van der Waals surface area contributed by atoms with E-state index < -0.39 is 11.7 Å². The number of alkyl halides is 3. The number of benzene rings is 2. The highest BCUT2D eigenvalue weighted by molar-refractivity contribution is 6.32. The number of nitriles is 1. The Morgan fingerprint density at radius 3 is 2.34 bits per heavy atom. The number of urea groups is 1. The first-order chi connectivity index (χ1) is 18.2. The van der Waals surface area contributed by atoms with Crippen LogP contribution in [0.25, 0.3) is 5.69 Å². The van der Waals surface area contributed by atoms with Crippen molar-refractivity contribution in [1.29, 1.82) is 5.26 Å². The van der Waals surface area contributed by atoms with Crippen molar-refractivity contribution in [3.05, 3.63) is 82.9 Å². The summed E-state index contributed by atoms with van der Waals surface area (Å²) in [5, 5.41) is 9.79. The standard InChI is InChI=1S/C28H27ClF3N5O/c29-24-3-1-2-4-26(24)37-17-25(34-18-37)22-13-21(20-5-7-23(8-6-20)28(30,31)32)15-36(16-22)27(38)35-11-9-19(14-33)10-12-35/h1-8,17-19,21-22H,9-13,15-16H2. The van der Waals surface area contributed by atoms with Crippen LogP contribution in [0.4, 0.5) is 18.0 Å². The molecule has 2 unspecified atom stereocenters. The van der Waals surface area contributed by atoms with Crippen molar-refractivity contribution in [2.24, 2.45) is 5.92 Å². The first kappa shape index (κ1) is 26.1. The molecule has 38 heavy (non-hydrogen) atoms. The third-order valence-electron chi connectivity index (χ3n) is 7.53. The molecule has 2 aromatic carbocycles. The first-order valence-electron chi connectivity index (χ1n) is 12.6. The number of rotatable bonds is 3. The minimum atomic E-state index is -4.41. The number of para-hydroxylation sites is 1. The van der Waals surface area contributed by atoms with Gasteiger partial charge in [0.2, 0.25) is 0 Å². The summed E-state index contributed by atoms with van der Waals surface area (Å²) in [6.07, 6.45) is 1.12. The lowest BCUT2D eigenvalue weighted by atomic mass is 9.83. The monoisotopic (exact) mass is 541 g/mol. The van der Waals surface area contributed by atoms with Gasteiger partial charge in [0.15, 0.2) is 0 Å². The van der Waals surface area contributed by atoms with E-state index in [1.54, 1.807) is 22.2 Å². The Morgan fingerprint density at radius 1 is 1.00 bits per heavy atom. The maximum Gasteiger partial charge on any atom is 0.416 e. The molecule has 10 heteroatoms. The van der Waals surface area contributed by atoms with Crippen LogP contribution in [0.5, 0.6) is 0 Å². The number of aromatic nitrogens is 2. The number of nitrogens with zero attached hydrogens (tertiary/aromatic N) is 5. The first-order valence-corrected chi connectivity index (χ1v) is 13.0. The molecule has 5 rings (SSSR count). The lowest BCUT2D eigenvalue weighted by molar-refractivity contribution is -0.137. The van der Waals surface area contributed by atoms with Crippen LogP contribution in [-0.4, -0.2) is 51.6 Å². The largest absolute Gasteiger partial charge is 0.416 e. The second kappa shape index (κ2) is 10.7. The second-order valence-electron chi connectivity index (χ2n) is 9.98. The van der Waals surface area contributed by atoms with Gasteiger partial charge in [0.05, 0.1) is 34.4 Å². The third kappa shape index (κ3) is 5.51. The number of hydrogen-bond donors (Lipinski definition) is 0. The summed E-state index contributed by atoms with van der Waals surface area (Å²) in [5.41, 5.74) is 1.65. The maximum absolute atomic E-state index is 13.5. The Bertz CT molecular complexity index is 1330. The van der Waals surface area contributed by atoms with E-state index in [0.29, 0.717) is 50.5 Å². The molecule has 0 saturated carbocycles. The van der Waals surface area contributed by atoms with Gasteiger partial charge in [-0.3, -0.25) is 0 Å². The fourth-order valence-corrected chi connectivity index (χ4v) is 5.63. The van der Waals surface area contributed by atoms with Crippen LogP contribution in [0, 0.1) is 17.2 Å². The Kier molecular flexibility index (Phi) is 7.35.